The lowest BCUT2D eigenvalue weighted by Crippen LogP contribution is -2.11. The van der Waals surface area contributed by atoms with Gasteiger partial charge in [0.2, 0.25) is 0 Å². The van der Waals surface area contributed by atoms with Crippen LogP contribution in [0.25, 0.3) is 0 Å². The van der Waals surface area contributed by atoms with Crippen molar-refractivity contribution >= 4 is 37.5 Å². The van der Waals surface area contributed by atoms with E-state index in [0.29, 0.717) is 6.42 Å². The maximum Gasteiger partial charge on any atom is 0.0647 e. The Morgan fingerprint density at radius 2 is 1.75 bits per heavy atom. The van der Waals surface area contributed by atoms with Gasteiger partial charge in [0.05, 0.1) is 24.2 Å². The summed E-state index contributed by atoms with van der Waals surface area (Å²) < 4.78 is 1.98. The summed E-state index contributed by atoms with van der Waals surface area (Å²) in [5, 5.41) is 12.5. The van der Waals surface area contributed by atoms with Crippen LogP contribution in [0.2, 0.25) is 0 Å². The highest BCUT2D eigenvalue weighted by atomic mass is 79.9. The Kier molecular flexibility index (Phi) is 5.22. The SMILES string of the molecule is Cc1cc(Br)c(NC(CC#N)c2ccccc2)c(Br)c1. The van der Waals surface area contributed by atoms with Gasteiger partial charge in [-0.25, -0.2) is 0 Å². The number of hydrogen-bond acceptors (Lipinski definition) is 2. The van der Waals surface area contributed by atoms with E-state index >= 15 is 0 Å². The zero-order valence-corrected chi connectivity index (χ0v) is 14.2. The highest BCUT2D eigenvalue weighted by Crippen LogP contribution is 2.35. The Hall–Kier alpha value is -1.31. The number of nitrogens with zero attached hydrogens (tertiary/aromatic N) is 1. The Morgan fingerprint density at radius 3 is 2.30 bits per heavy atom. The van der Waals surface area contributed by atoms with Gasteiger partial charge in [-0.05, 0) is 62.0 Å². The minimum absolute atomic E-state index is 0.0310. The van der Waals surface area contributed by atoms with E-state index in [0.717, 1.165) is 20.2 Å². The first-order chi connectivity index (χ1) is 9.61. The number of rotatable bonds is 4. The molecule has 0 heterocycles. The van der Waals surface area contributed by atoms with Gasteiger partial charge in [0, 0.05) is 8.95 Å². The van der Waals surface area contributed by atoms with Crippen molar-refractivity contribution in [3.63, 3.8) is 0 Å². The topological polar surface area (TPSA) is 35.8 Å². The van der Waals surface area contributed by atoms with Gasteiger partial charge >= 0.3 is 0 Å². The molecule has 0 aliphatic carbocycles. The molecule has 1 N–H and O–H groups in total. The monoisotopic (exact) mass is 392 g/mol. The van der Waals surface area contributed by atoms with Crippen molar-refractivity contribution in [2.24, 2.45) is 0 Å². The van der Waals surface area contributed by atoms with Gasteiger partial charge in [0.15, 0.2) is 0 Å². The molecule has 0 saturated heterocycles. The first-order valence-electron chi connectivity index (χ1n) is 6.26. The molecule has 2 aromatic carbocycles. The van der Waals surface area contributed by atoms with Crippen molar-refractivity contribution in [1.82, 2.24) is 0 Å². The molecular weight excluding hydrogens is 380 g/mol. The Bertz CT molecular complexity index is 610. The predicted molar refractivity (Wildman–Crippen MR) is 89.6 cm³/mol. The van der Waals surface area contributed by atoms with E-state index < -0.39 is 0 Å². The third-order valence-electron chi connectivity index (χ3n) is 3.00. The second kappa shape index (κ2) is 6.92. The second-order valence-corrected chi connectivity index (χ2v) is 6.28. The maximum atomic E-state index is 9.05. The van der Waals surface area contributed by atoms with Crippen LogP contribution in [0.4, 0.5) is 5.69 Å². The summed E-state index contributed by atoms with van der Waals surface area (Å²) in [5.41, 5.74) is 3.25. The van der Waals surface area contributed by atoms with Gasteiger partial charge < -0.3 is 5.32 Å². The molecule has 0 saturated carbocycles. The van der Waals surface area contributed by atoms with E-state index in [-0.39, 0.29) is 6.04 Å². The lowest BCUT2D eigenvalue weighted by atomic mass is 10.0. The standard InChI is InChI=1S/C16H14Br2N2/c1-11-9-13(17)16(14(18)10-11)20-15(7-8-19)12-5-3-2-4-6-12/h2-6,9-10,15,20H,7H2,1H3. The highest BCUT2D eigenvalue weighted by molar-refractivity contribution is 9.11. The molecule has 2 nitrogen and oxygen atoms in total. The lowest BCUT2D eigenvalue weighted by Gasteiger charge is -2.20. The lowest BCUT2D eigenvalue weighted by molar-refractivity contribution is 0.804. The zero-order chi connectivity index (χ0) is 14.5. The molecule has 0 radical (unpaired) electrons. The molecule has 102 valence electrons. The van der Waals surface area contributed by atoms with Crippen LogP contribution in [0.5, 0.6) is 0 Å². The summed E-state index contributed by atoms with van der Waals surface area (Å²) in [6, 6.07) is 16.3. The fourth-order valence-electron chi connectivity index (χ4n) is 2.04. The fourth-order valence-corrected chi connectivity index (χ4v) is 3.69. The molecule has 0 spiro atoms. The minimum Gasteiger partial charge on any atom is -0.375 e. The molecule has 2 aromatic rings. The van der Waals surface area contributed by atoms with Crippen molar-refractivity contribution in [1.29, 1.82) is 5.26 Å². The number of nitrogens with one attached hydrogen (secondary N) is 1. The molecule has 0 aliphatic heterocycles. The van der Waals surface area contributed by atoms with Gasteiger partial charge in [-0.1, -0.05) is 30.3 Å². The molecule has 0 bridgehead atoms. The van der Waals surface area contributed by atoms with E-state index in [1.54, 1.807) is 0 Å². The van der Waals surface area contributed by atoms with E-state index in [9.17, 15) is 0 Å². The molecule has 2 rings (SSSR count). The van der Waals surface area contributed by atoms with Crippen molar-refractivity contribution < 1.29 is 0 Å². The molecule has 20 heavy (non-hydrogen) atoms. The molecule has 0 amide bonds. The van der Waals surface area contributed by atoms with E-state index in [4.69, 9.17) is 5.26 Å². The number of halogens is 2. The normalized spacial score (nSPS) is 11.7. The number of aryl methyl sites for hydroxylation is 1. The number of nitriles is 1. The van der Waals surface area contributed by atoms with Crippen LogP contribution in [0.15, 0.2) is 51.4 Å². The van der Waals surface area contributed by atoms with E-state index in [1.165, 1.54) is 5.56 Å². The van der Waals surface area contributed by atoms with Crippen LogP contribution in [-0.4, -0.2) is 0 Å². The Morgan fingerprint density at radius 1 is 1.15 bits per heavy atom. The third kappa shape index (κ3) is 3.62. The quantitative estimate of drug-likeness (QED) is 0.735. The molecular formula is C16H14Br2N2. The van der Waals surface area contributed by atoms with Gasteiger partial charge in [-0.15, -0.1) is 0 Å². The molecule has 0 fully saturated rings. The van der Waals surface area contributed by atoms with Crippen molar-refractivity contribution in [2.75, 3.05) is 5.32 Å². The first kappa shape index (κ1) is 15.1. The first-order valence-corrected chi connectivity index (χ1v) is 7.84. The fraction of sp³-hybridized carbons (Fsp3) is 0.188. The van der Waals surface area contributed by atoms with Crippen LogP contribution >= 0.6 is 31.9 Å². The Labute approximate surface area is 136 Å². The van der Waals surface area contributed by atoms with Crippen LogP contribution in [0.1, 0.15) is 23.6 Å². The molecule has 1 atom stereocenters. The third-order valence-corrected chi connectivity index (χ3v) is 4.25. The zero-order valence-electron chi connectivity index (χ0n) is 11.0. The maximum absolute atomic E-state index is 9.05. The van der Waals surface area contributed by atoms with Gasteiger partial charge in [-0.2, -0.15) is 5.26 Å². The second-order valence-electron chi connectivity index (χ2n) is 4.57. The predicted octanol–water partition coefficient (Wildman–Crippen LogP) is 5.59. The number of benzene rings is 2. The minimum atomic E-state index is -0.0310. The van der Waals surface area contributed by atoms with Crippen molar-refractivity contribution in [2.45, 2.75) is 19.4 Å². The summed E-state index contributed by atoms with van der Waals surface area (Å²) in [5.74, 6) is 0. The Balaban J connectivity index is 2.33. The number of hydrogen-bond donors (Lipinski definition) is 1. The van der Waals surface area contributed by atoms with Crippen molar-refractivity contribution in [3.8, 4) is 6.07 Å². The highest BCUT2D eigenvalue weighted by Gasteiger charge is 2.14. The molecule has 1 unspecified atom stereocenters. The van der Waals surface area contributed by atoms with Crippen LogP contribution in [-0.2, 0) is 0 Å². The summed E-state index contributed by atoms with van der Waals surface area (Å²) in [6.07, 6.45) is 0.413. The largest absolute Gasteiger partial charge is 0.375 e. The van der Waals surface area contributed by atoms with Crippen LogP contribution < -0.4 is 5.32 Å². The summed E-state index contributed by atoms with van der Waals surface area (Å²) in [7, 11) is 0. The van der Waals surface area contributed by atoms with E-state index in [1.807, 2.05) is 37.3 Å². The molecule has 4 heteroatoms. The molecule has 0 aliphatic rings. The van der Waals surface area contributed by atoms with Gasteiger partial charge in [-0.3, -0.25) is 0 Å². The summed E-state index contributed by atoms with van der Waals surface area (Å²) >= 11 is 7.15. The van der Waals surface area contributed by atoms with E-state index in [2.05, 4.69) is 55.4 Å². The summed E-state index contributed by atoms with van der Waals surface area (Å²) in [6.45, 7) is 2.04. The smallest absolute Gasteiger partial charge is 0.0647 e. The number of anilines is 1. The average molecular weight is 394 g/mol. The van der Waals surface area contributed by atoms with Crippen LogP contribution in [0.3, 0.4) is 0 Å². The average Bonchev–Trinajstić information content (AvgIpc) is 2.42. The van der Waals surface area contributed by atoms with Gasteiger partial charge in [0.1, 0.15) is 0 Å². The van der Waals surface area contributed by atoms with Crippen molar-refractivity contribution in [3.05, 3.63) is 62.5 Å². The molecule has 0 aromatic heterocycles. The van der Waals surface area contributed by atoms with Gasteiger partial charge in [0.25, 0.3) is 0 Å². The van der Waals surface area contributed by atoms with Crippen LogP contribution in [0, 0.1) is 18.3 Å². The summed E-state index contributed by atoms with van der Waals surface area (Å²) in [4.78, 5) is 0.